The Kier molecular flexibility index (Phi) is 6.37. The minimum absolute atomic E-state index is 0. The van der Waals surface area contributed by atoms with E-state index in [1.54, 1.807) is 0 Å². The van der Waals surface area contributed by atoms with Crippen LogP contribution in [0.25, 0.3) is 11.0 Å². The first kappa shape index (κ1) is 20.4. The monoisotopic (exact) mass is 398 g/mol. The number of hydrogen-bond donors (Lipinski definition) is 2. The van der Waals surface area contributed by atoms with Crippen molar-refractivity contribution in [2.24, 2.45) is 5.92 Å². The number of aryl methyl sites for hydroxylation is 1. The standard InChI is InChI=1S/C22H26N4O.ClH/c1-15-7-3-4-8-18(15)14-26-20-10-6-5-9-19(20)24-22(26)25-21(27)17-11-12-23-16(2)13-17;/h3-10,16-17,23H,11-14H2,1-2H3,(H,24,25,27);1H/t16-,17-;/m0./s1. The van der Waals surface area contributed by atoms with Crippen molar-refractivity contribution in [2.45, 2.75) is 39.3 Å². The Morgan fingerprint density at radius 1 is 1.21 bits per heavy atom. The number of fused-ring (bicyclic) bond motifs is 1. The highest BCUT2D eigenvalue weighted by molar-refractivity contribution is 5.93. The average molecular weight is 399 g/mol. The van der Waals surface area contributed by atoms with Gasteiger partial charge in [0.25, 0.3) is 0 Å². The summed E-state index contributed by atoms with van der Waals surface area (Å²) in [6, 6.07) is 16.8. The van der Waals surface area contributed by atoms with Gasteiger partial charge in [-0.25, -0.2) is 4.98 Å². The van der Waals surface area contributed by atoms with E-state index >= 15 is 0 Å². The summed E-state index contributed by atoms with van der Waals surface area (Å²) in [5.41, 5.74) is 4.40. The van der Waals surface area contributed by atoms with Crippen LogP contribution in [0.4, 0.5) is 5.95 Å². The third-order valence-corrected chi connectivity index (χ3v) is 5.47. The molecular weight excluding hydrogens is 372 g/mol. The van der Waals surface area contributed by atoms with Crippen molar-refractivity contribution in [3.8, 4) is 0 Å². The van der Waals surface area contributed by atoms with Crippen LogP contribution in [-0.4, -0.2) is 28.0 Å². The normalized spacial score (nSPS) is 19.2. The van der Waals surface area contributed by atoms with Gasteiger partial charge in [0, 0.05) is 12.0 Å². The van der Waals surface area contributed by atoms with E-state index < -0.39 is 0 Å². The highest BCUT2D eigenvalue weighted by Gasteiger charge is 2.26. The van der Waals surface area contributed by atoms with E-state index in [0.717, 1.165) is 30.4 Å². The molecule has 1 saturated heterocycles. The summed E-state index contributed by atoms with van der Waals surface area (Å²) in [5.74, 6) is 0.744. The quantitative estimate of drug-likeness (QED) is 0.694. The fourth-order valence-corrected chi connectivity index (χ4v) is 3.87. The second-order valence-corrected chi connectivity index (χ2v) is 7.50. The van der Waals surface area contributed by atoms with Crippen LogP contribution in [0.5, 0.6) is 0 Å². The van der Waals surface area contributed by atoms with Crippen LogP contribution in [0.2, 0.25) is 0 Å². The van der Waals surface area contributed by atoms with Crippen LogP contribution in [0.3, 0.4) is 0 Å². The number of piperidine rings is 1. The van der Waals surface area contributed by atoms with Gasteiger partial charge in [0.15, 0.2) is 0 Å². The maximum absolute atomic E-state index is 12.9. The fourth-order valence-electron chi connectivity index (χ4n) is 3.87. The lowest BCUT2D eigenvalue weighted by Crippen LogP contribution is -2.40. The number of aromatic nitrogens is 2. The Bertz CT molecular complexity index is 968. The van der Waals surface area contributed by atoms with Crippen molar-refractivity contribution in [2.75, 3.05) is 11.9 Å². The smallest absolute Gasteiger partial charge is 0.229 e. The average Bonchev–Trinajstić information content (AvgIpc) is 3.01. The van der Waals surface area contributed by atoms with E-state index in [9.17, 15) is 4.79 Å². The van der Waals surface area contributed by atoms with Gasteiger partial charge in [-0.3, -0.25) is 10.1 Å². The van der Waals surface area contributed by atoms with E-state index in [4.69, 9.17) is 4.98 Å². The molecule has 1 aromatic heterocycles. The molecule has 0 aliphatic carbocycles. The number of rotatable bonds is 4. The third kappa shape index (κ3) is 4.21. The number of imidazole rings is 1. The van der Waals surface area contributed by atoms with Gasteiger partial charge in [-0.05, 0) is 56.5 Å². The first-order chi connectivity index (χ1) is 13.1. The zero-order chi connectivity index (χ0) is 18.8. The summed E-state index contributed by atoms with van der Waals surface area (Å²) < 4.78 is 2.11. The first-order valence-corrected chi connectivity index (χ1v) is 9.66. The number of carbonyl (C=O) groups excluding carboxylic acids is 1. The van der Waals surface area contributed by atoms with E-state index in [-0.39, 0.29) is 24.2 Å². The van der Waals surface area contributed by atoms with Gasteiger partial charge in [0.2, 0.25) is 11.9 Å². The van der Waals surface area contributed by atoms with Gasteiger partial charge in [-0.15, -0.1) is 12.4 Å². The largest absolute Gasteiger partial charge is 0.314 e. The summed E-state index contributed by atoms with van der Waals surface area (Å²) in [6.07, 6.45) is 1.73. The lowest BCUT2D eigenvalue weighted by Gasteiger charge is -2.27. The highest BCUT2D eigenvalue weighted by Crippen LogP contribution is 2.24. The van der Waals surface area contributed by atoms with E-state index in [2.05, 4.69) is 53.3 Å². The molecule has 5 nitrogen and oxygen atoms in total. The number of nitrogens with zero attached hydrogens (tertiary/aromatic N) is 2. The number of para-hydroxylation sites is 2. The van der Waals surface area contributed by atoms with Crippen LogP contribution in [0.1, 0.15) is 30.9 Å². The van der Waals surface area contributed by atoms with Gasteiger partial charge < -0.3 is 9.88 Å². The predicted molar refractivity (Wildman–Crippen MR) is 116 cm³/mol. The lowest BCUT2D eigenvalue weighted by atomic mass is 9.92. The van der Waals surface area contributed by atoms with Gasteiger partial charge in [-0.1, -0.05) is 36.4 Å². The van der Waals surface area contributed by atoms with Crippen molar-refractivity contribution >= 4 is 35.3 Å². The highest BCUT2D eigenvalue weighted by atomic mass is 35.5. The molecule has 1 aliphatic heterocycles. The van der Waals surface area contributed by atoms with Gasteiger partial charge >= 0.3 is 0 Å². The van der Waals surface area contributed by atoms with Crippen molar-refractivity contribution in [1.29, 1.82) is 0 Å². The molecule has 0 bridgehead atoms. The van der Waals surface area contributed by atoms with E-state index in [1.165, 1.54) is 11.1 Å². The molecule has 0 saturated carbocycles. The lowest BCUT2D eigenvalue weighted by molar-refractivity contribution is -0.120. The Labute approximate surface area is 172 Å². The second kappa shape index (κ2) is 8.76. The predicted octanol–water partition coefficient (Wildman–Crippen LogP) is 4.14. The molecule has 3 aromatic rings. The number of benzene rings is 2. The summed E-state index contributed by atoms with van der Waals surface area (Å²) in [6.45, 7) is 5.82. The minimum atomic E-state index is 0. The Hall–Kier alpha value is -2.37. The summed E-state index contributed by atoms with van der Waals surface area (Å²) in [4.78, 5) is 17.6. The summed E-state index contributed by atoms with van der Waals surface area (Å²) in [5, 5.41) is 6.52. The first-order valence-electron chi connectivity index (χ1n) is 9.66. The molecule has 148 valence electrons. The zero-order valence-electron chi connectivity index (χ0n) is 16.3. The molecular formula is C22H27ClN4O. The second-order valence-electron chi connectivity index (χ2n) is 7.50. The van der Waals surface area contributed by atoms with Gasteiger partial charge in [0.1, 0.15) is 0 Å². The fraction of sp³-hybridized carbons (Fsp3) is 0.364. The number of anilines is 1. The van der Waals surface area contributed by atoms with Crippen molar-refractivity contribution in [3.63, 3.8) is 0 Å². The molecule has 6 heteroatoms. The molecule has 0 radical (unpaired) electrons. The molecule has 0 unspecified atom stereocenters. The van der Waals surface area contributed by atoms with Gasteiger partial charge in [0.05, 0.1) is 17.6 Å². The molecule has 1 amide bonds. The Balaban J connectivity index is 0.00000225. The number of amides is 1. The van der Waals surface area contributed by atoms with Crippen LogP contribution >= 0.6 is 12.4 Å². The van der Waals surface area contributed by atoms with E-state index in [0.29, 0.717) is 18.5 Å². The SMILES string of the molecule is Cc1ccccc1Cn1c(NC(=O)[C@H]2CCN[C@@H](C)C2)nc2ccccc21.Cl. The number of nitrogens with one attached hydrogen (secondary N) is 2. The zero-order valence-corrected chi connectivity index (χ0v) is 17.1. The molecule has 2 N–H and O–H groups in total. The Morgan fingerprint density at radius 3 is 2.75 bits per heavy atom. The van der Waals surface area contributed by atoms with Crippen molar-refractivity contribution < 1.29 is 4.79 Å². The molecule has 28 heavy (non-hydrogen) atoms. The molecule has 2 atom stereocenters. The maximum atomic E-state index is 12.9. The van der Waals surface area contributed by atoms with Crippen LogP contribution in [-0.2, 0) is 11.3 Å². The number of carbonyl (C=O) groups is 1. The van der Waals surface area contributed by atoms with Crippen molar-refractivity contribution in [1.82, 2.24) is 14.9 Å². The topological polar surface area (TPSA) is 59.0 Å². The van der Waals surface area contributed by atoms with Crippen LogP contribution < -0.4 is 10.6 Å². The van der Waals surface area contributed by atoms with Crippen molar-refractivity contribution in [3.05, 3.63) is 59.7 Å². The third-order valence-electron chi connectivity index (χ3n) is 5.47. The van der Waals surface area contributed by atoms with Crippen LogP contribution in [0.15, 0.2) is 48.5 Å². The van der Waals surface area contributed by atoms with Crippen LogP contribution in [0, 0.1) is 12.8 Å². The molecule has 4 rings (SSSR count). The van der Waals surface area contributed by atoms with Gasteiger partial charge in [-0.2, -0.15) is 0 Å². The summed E-state index contributed by atoms with van der Waals surface area (Å²) in [7, 11) is 0. The number of halogens is 1. The Morgan fingerprint density at radius 2 is 1.96 bits per heavy atom. The molecule has 0 spiro atoms. The molecule has 2 heterocycles. The number of hydrogen-bond acceptors (Lipinski definition) is 3. The minimum Gasteiger partial charge on any atom is -0.314 e. The summed E-state index contributed by atoms with van der Waals surface area (Å²) >= 11 is 0. The maximum Gasteiger partial charge on any atom is 0.229 e. The molecule has 1 fully saturated rings. The molecule has 2 aromatic carbocycles. The van der Waals surface area contributed by atoms with E-state index in [1.807, 2.05) is 24.3 Å². The molecule has 1 aliphatic rings.